The second-order valence-electron chi connectivity index (χ2n) is 8.22. The van der Waals surface area contributed by atoms with E-state index in [4.69, 9.17) is 4.74 Å². The molecule has 150 valence electrons. The maximum absolute atomic E-state index is 6.14. The van der Waals surface area contributed by atoms with Gasteiger partial charge in [0.15, 0.2) is 11.8 Å². The van der Waals surface area contributed by atoms with Gasteiger partial charge in [0.1, 0.15) is 17.2 Å². The Kier molecular flexibility index (Phi) is 5.24. The summed E-state index contributed by atoms with van der Waals surface area (Å²) >= 11 is 0. The molecule has 0 saturated heterocycles. The van der Waals surface area contributed by atoms with Crippen LogP contribution in [0.2, 0.25) is 0 Å². The van der Waals surface area contributed by atoms with Crippen LogP contribution < -0.4 is 15.4 Å². The van der Waals surface area contributed by atoms with Crippen LogP contribution in [0.3, 0.4) is 0 Å². The van der Waals surface area contributed by atoms with E-state index in [-0.39, 0.29) is 11.6 Å². The monoisotopic (exact) mass is 382 g/mol. The van der Waals surface area contributed by atoms with E-state index in [1.54, 1.807) is 7.05 Å². The third-order valence-electron chi connectivity index (χ3n) is 5.51. The Morgan fingerprint density at radius 1 is 1.25 bits per heavy atom. The minimum Gasteiger partial charge on any atom is -0.487 e. The van der Waals surface area contributed by atoms with E-state index in [9.17, 15) is 0 Å². The van der Waals surface area contributed by atoms with Crippen molar-refractivity contribution in [2.75, 3.05) is 7.05 Å². The number of aliphatic imine (C=N–C) groups is 1. The zero-order chi connectivity index (χ0) is 19.6. The lowest BCUT2D eigenvalue weighted by Gasteiger charge is -2.38. The van der Waals surface area contributed by atoms with Gasteiger partial charge in [-0.3, -0.25) is 4.99 Å². The minimum absolute atomic E-state index is 0.140. The number of hydrogen-bond donors (Lipinski definition) is 2. The molecule has 7 nitrogen and oxygen atoms in total. The summed E-state index contributed by atoms with van der Waals surface area (Å²) in [7, 11) is 1.80. The van der Waals surface area contributed by atoms with Gasteiger partial charge in [0, 0.05) is 32.0 Å². The molecule has 1 aromatic carbocycles. The van der Waals surface area contributed by atoms with E-state index < -0.39 is 0 Å². The van der Waals surface area contributed by atoms with Crippen LogP contribution in [-0.4, -0.2) is 33.4 Å². The number of nitrogens with one attached hydrogen (secondary N) is 2. The Labute approximate surface area is 166 Å². The molecule has 28 heavy (non-hydrogen) atoms. The summed E-state index contributed by atoms with van der Waals surface area (Å²) in [5.74, 6) is 3.79. The highest BCUT2D eigenvalue weighted by molar-refractivity contribution is 5.80. The molecular formula is C21H30N6O. The summed E-state index contributed by atoms with van der Waals surface area (Å²) in [4.78, 5) is 4.43. The molecule has 0 spiro atoms. The molecule has 3 heterocycles. The van der Waals surface area contributed by atoms with Crippen molar-refractivity contribution in [3.05, 3.63) is 41.5 Å². The molecule has 4 rings (SSSR count). The molecule has 0 radical (unpaired) electrons. The van der Waals surface area contributed by atoms with Crippen LogP contribution in [0.5, 0.6) is 5.75 Å². The molecule has 1 unspecified atom stereocenters. The number of para-hydroxylation sites is 1. The lowest BCUT2D eigenvalue weighted by atomic mass is 9.90. The van der Waals surface area contributed by atoms with Crippen LogP contribution in [0.25, 0.3) is 0 Å². The number of aromatic nitrogens is 3. The molecule has 0 saturated carbocycles. The van der Waals surface area contributed by atoms with Gasteiger partial charge < -0.3 is 19.9 Å². The fourth-order valence-electron chi connectivity index (χ4n) is 4.13. The quantitative estimate of drug-likeness (QED) is 0.630. The molecule has 0 bridgehead atoms. The Balaban J connectivity index is 1.45. The van der Waals surface area contributed by atoms with Crippen LogP contribution in [0.4, 0.5) is 0 Å². The van der Waals surface area contributed by atoms with Crippen molar-refractivity contribution >= 4 is 5.96 Å². The fourth-order valence-corrected chi connectivity index (χ4v) is 4.13. The second-order valence-corrected chi connectivity index (χ2v) is 8.22. The Hall–Kier alpha value is -2.57. The highest BCUT2D eigenvalue weighted by Crippen LogP contribution is 2.39. The molecule has 0 amide bonds. The van der Waals surface area contributed by atoms with E-state index in [1.807, 2.05) is 12.1 Å². The van der Waals surface area contributed by atoms with Gasteiger partial charge in [-0.2, -0.15) is 0 Å². The van der Waals surface area contributed by atoms with Gasteiger partial charge in [0.2, 0.25) is 0 Å². The molecule has 2 N–H and O–H groups in total. The van der Waals surface area contributed by atoms with E-state index in [0.717, 1.165) is 42.7 Å². The summed E-state index contributed by atoms with van der Waals surface area (Å²) in [6, 6.07) is 8.36. The van der Waals surface area contributed by atoms with Crippen molar-refractivity contribution in [2.24, 2.45) is 4.99 Å². The van der Waals surface area contributed by atoms with Crippen LogP contribution in [0.15, 0.2) is 29.3 Å². The molecule has 2 aromatic rings. The van der Waals surface area contributed by atoms with Crippen LogP contribution >= 0.6 is 0 Å². The Bertz CT molecular complexity index is 856. The standard InChI is InChI=1S/C21H30N6O/c1-21(2)13-16(15-9-6-7-10-17(15)28-21)24-20(22-3)23-14-19-26-25-18-11-5-4-8-12-27(18)19/h6-7,9-10,16H,4-5,8,11-14H2,1-3H3,(H2,22,23,24). The summed E-state index contributed by atoms with van der Waals surface area (Å²) in [6.45, 7) is 5.87. The first-order valence-corrected chi connectivity index (χ1v) is 10.2. The first kappa shape index (κ1) is 18.8. The number of rotatable bonds is 3. The largest absolute Gasteiger partial charge is 0.487 e. The summed E-state index contributed by atoms with van der Waals surface area (Å²) in [6.07, 6.45) is 5.55. The predicted molar refractivity (Wildman–Crippen MR) is 109 cm³/mol. The zero-order valence-corrected chi connectivity index (χ0v) is 17.0. The molecule has 1 aromatic heterocycles. The van der Waals surface area contributed by atoms with Crippen LogP contribution in [0.1, 0.15) is 62.8 Å². The Morgan fingerprint density at radius 2 is 2.11 bits per heavy atom. The van der Waals surface area contributed by atoms with Gasteiger partial charge in [0.05, 0.1) is 12.6 Å². The number of hydrogen-bond acceptors (Lipinski definition) is 4. The molecule has 0 fully saturated rings. The van der Waals surface area contributed by atoms with E-state index >= 15 is 0 Å². The van der Waals surface area contributed by atoms with Crippen molar-refractivity contribution in [2.45, 2.75) is 70.7 Å². The van der Waals surface area contributed by atoms with Crippen molar-refractivity contribution < 1.29 is 4.74 Å². The van der Waals surface area contributed by atoms with Gasteiger partial charge in [-0.15, -0.1) is 10.2 Å². The van der Waals surface area contributed by atoms with Gasteiger partial charge >= 0.3 is 0 Å². The normalized spacial score (nSPS) is 21.1. The first-order valence-electron chi connectivity index (χ1n) is 10.2. The van der Waals surface area contributed by atoms with Crippen LogP contribution in [0, 0.1) is 0 Å². The molecule has 1 atom stereocenters. The van der Waals surface area contributed by atoms with Gasteiger partial charge in [-0.1, -0.05) is 24.6 Å². The lowest BCUT2D eigenvalue weighted by molar-refractivity contribution is 0.0694. The number of benzene rings is 1. The third kappa shape index (κ3) is 3.98. The van der Waals surface area contributed by atoms with E-state index in [1.165, 1.54) is 24.8 Å². The molecule has 0 aliphatic carbocycles. The fraction of sp³-hybridized carbons (Fsp3) is 0.571. The van der Waals surface area contributed by atoms with Crippen LogP contribution in [-0.2, 0) is 19.5 Å². The minimum atomic E-state index is -0.227. The van der Waals surface area contributed by atoms with Crippen molar-refractivity contribution in [1.82, 2.24) is 25.4 Å². The molecular weight excluding hydrogens is 352 g/mol. The number of fused-ring (bicyclic) bond motifs is 2. The second kappa shape index (κ2) is 7.81. The average Bonchev–Trinajstić information content (AvgIpc) is 2.90. The lowest BCUT2D eigenvalue weighted by Crippen LogP contribution is -2.45. The number of nitrogens with zero attached hydrogens (tertiary/aromatic N) is 4. The molecule has 2 aliphatic heterocycles. The maximum Gasteiger partial charge on any atom is 0.191 e. The van der Waals surface area contributed by atoms with Gasteiger partial charge in [-0.05, 0) is 32.8 Å². The topological polar surface area (TPSA) is 76.4 Å². The maximum atomic E-state index is 6.14. The average molecular weight is 383 g/mol. The summed E-state index contributed by atoms with van der Waals surface area (Å²) in [5, 5.41) is 15.8. The number of ether oxygens (including phenoxy) is 1. The zero-order valence-electron chi connectivity index (χ0n) is 17.0. The first-order chi connectivity index (χ1) is 13.6. The van der Waals surface area contributed by atoms with E-state index in [0.29, 0.717) is 6.54 Å². The predicted octanol–water partition coefficient (Wildman–Crippen LogP) is 2.97. The SMILES string of the molecule is CN=C(NCc1nnc2n1CCCCC2)NC1CC(C)(C)Oc2ccccc21. The molecule has 2 aliphatic rings. The summed E-state index contributed by atoms with van der Waals surface area (Å²) < 4.78 is 8.40. The molecule has 7 heteroatoms. The number of guanidine groups is 1. The highest BCUT2D eigenvalue weighted by atomic mass is 16.5. The van der Waals surface area contributed by atoms with Crippen molar-refractivity contribution in [3.63, 3.8) is 0 Å². The highest BCUT2D eigenvalue weighted by Gasteiger charge is 2.34. The third-order valence-corrected chi connectivity index (χ3v) is 5.51. The summed E-state index contributed by atoms with van der Waals surface area (Å²) in [5.41, 5.74) is 0.941. The Morgan fingerprint density at radius 3 is 2.96 bits per heavy atom. The number of aryl methyl sites for hydroxylation is 1. The van der Waals surface area contributed by atoms with Crippen molar-refractivity contribution in [3.8, 4) is 5.75 Å². The smallest absolute Gasteiger partial charge is 0.191 e. The van der Waals surface area contributed by atoms with Gasteiger partial charge in [-0.25, -0.2) is 0 Å². The van der Waals surface area contributed by atoms with E-state index in [2.05, 4.69) is 56.4 Å². The van der Waals surface area contributed by atoms with Gasteiger partial charge in [0.25, 0.3) is 0 Å². The van der Waals surface area contributed by atoms with Crippen molar-refractivity contribution in [1.29, 1.82) is 0 Å².